The van der Waals surface area contributed by atoms with E-state index in [-0.39, 0.29) is 5.69 Å². The van der Waals surface area contributed by atoms with Gasteiger partial charge in [-0.1, -0.05) is 6.07 Å². The van der Waals surface area contributed by atoms with E-state index < -0.39 is 5.91 Å². The molecule has 7 heteroatoms. The number of carbonyl (C=O) groups is 1. The summed E-state index contributed by atoms with van der Waals surface area (Å²) < 4.78 is 0. The van der Waals surface area contributed by atoms with Crippen molar-refractivity contribution >= 4 is 17.4 Å². The van der Waals surface area contributed by atoms with Gasteiger partial charge in [0.05, 0.1) is 11.4 Å². The Kier molecular flexibility index (Phi) is 3.30. The number of aromatic nitrogens is 4. The van der Waals surface area contributed by atoms with Crippen molar-refractivity contribution in [3.8, 4) is 11.4 Å². The van der Waals surface area contributed by atoms with Crippen molar-refractivity contribution in [1.82, 2.24) is 20.2 Å². The van der Waals surface area contributed by atoms with Crippen molar-refractivity contribution in [3.63, 3.8) is 0 Å². The van der Waals surface area contributed by atoms with Gasteiger partial charge in [-0.15, -0.1) is 0 Å². The second-order valence-electron chi connectivity index (χ2n) is 4.18. The molecule has 0 aliphatic carbocycles. The number of hydrogen-bond acceptors (Lipinski definition) is 5. The molecule has 3 heterocycles. The Morgan fingerprint density at radius 2 is 2.24 bits per heavy atom. The van der Waals surface area contributed by atoms with Crippen LogP contribution < -0.4 is 11.1 Å². The Morgan fingerprint density at radius 1 is 1.33 bits per heavy atom. The minimum atomic E-state index is -0.629. The van der Waals surface area contributed by atoms with Crippen LogP contribution in [0.3, 0.4) is 0 Å². The number of H-pyrrole nitrogens is 1. The number of aromatic amines is 1. The van der Waals surface area contributed by atoms with Gasteiger partial charge in [0.1, 0.15) is 17.2 Å². The van der Waals surface area contributed by atoms with Crippen molar-refractivity contribution in [1.29, 1.82) is 0 Å². The maximum Gasteiger partial charge on any atom is 0.268 e. The van der Waals surface area contributed by atoms with E-state index in [0.29, 0.717) is 17.2 Å². The summed E-state index contributed by atoms with van der Waals surface area (Å²) in [5, 5.41) is 10.0. The molecule has 0 saturated carbocycles. The molecule has 4 N–H and O–H groups in total. The van der Waals surface area contributed by atoms with Crippen molar-refractivity contribution in [2.24, 2.45) is 5.73 Å². The molecule has 0 spiro atoms. The monoisotopic (exact) mass is 279 g/mol. The van der Waals surface area contributed by atoms with Crippen LogP contribution in [0.1, 0.15) is 10.5 Å². The molecular formula is C14H11N6O. The average Bonchev–Trinajstić information content (AvgIpc) is 2.96. The first-order valence-corrected chi connectivity index (χ1v) is 6.15. The molecule has 0 saturated heterocycles. The third kappa shape index (κ3) is 2.71. The molecule has 1 radical (unpaired) electrons. The van der Waals surface area contributed by atoms with E-state index in [0.717, 1.165) is 5.69 Å². The first-order chi connectivity index (χ1) is 10.2. The van der Waals surface area contributed by atoms with Crippen molar-refractivity contribution < 1.29 is 4.79 Å². The molecule has 21 heavy (non-hydrogen) atoms. The summed E-state index contributed by atoms with van der Waals surface area (Å²) in [6, 6.07) is 11.5. The molecule has 0 fully saturated rings. The van der Waals surface area contributed by atoms with Crippen LogP contribution in [-0.4, -0.2) is 26.1 Å². The lowest BCUT2D eigenvalue weighted by molar-refractivity contribution is 0.0995. The van der Waals surface area contributed by atoms with Gasteiger partial charge in [-0.05, 0) is 24.3 Å². The molecule has 3 aromatic rings. The highest BCUT2D eigenvalue weighted by Crippen LogP contribution is 2.25. The molecule has 0 aromatic carbocycles. The molecule has 7 nitrogen and oxygen atoms in total. The Balaban J connectivity index is 1.92. The molecule has 0 atom stereocenters. The van der Waals surface area contributed by atoms with Gasteiger partial charge in [-0.2, -0.15) is 5.10 Å². The summed E-state index contributed by atoms with van der Waals surface area (Å²) in [4.78, 5) is 19.4. The standard InChI is InChI=1S/C14H11N6O/c15-14(21)10-5-3-6-12(18-10)19-11-8-17-20-13(11)9-4-1-2-7-16-9/h1-4,6-8H,(H2,15,21)(H,17,20)(H,18,19). The van der Waals surface area contributed by atoms with Crippen LogP contribution in [0, 0.1) is 6.07 Å². The zero-order valence-electron chi connectivity index (χ0n) is 10.9. The molecule has 0 unspecified atom stereocenters. The minimum Gasteiger partial charge on any atom is -0.364 e. The predicted molar refractivity (Wildman–Crippen MR) is 76.7 cm³/mol. The molecule has 3 aromatic heterocycles. The summed E-state index contributed by atoms with van der Waals surface area (Å²) in [5.41, 5.74) is 7.34. The third-order valence-corrected chi connectivity index (χ3v) is 2.74. The summed E-state index contributed by atoms with van der Waals surface area (Å²) in [5.74, 6) is -0.156. The van der Waals surface area contributed by atoms with Crippen molar-refractivity contribution in [3.05, 3.63) is 54.5 Å². The Labute approximate surface area is 120 Å². The zero-order valence-corrected chi connectivity index (χ0v) is 10.9. The normalized spacial score (nSPS) is 10.3. The Hall–Kier alpha value is -3.22. The van der Waals surface area contributed by atoms with E-state index in [9.17, 15) is 4.79 Å². The fourth-order valence-electron chi connectivity index (χ4n) is 1.81. The van der Waals surface area contributed by atoms with Gasteiger partial charge < -0.3 is 11.1 Å². The number of nitrogens with zero attached hydrogens (tertiary/aromatic N) is 3. The highest BCUT2D eigenvalue weighted by atomic mass is 16.1. The largest absolute Gasteiger partial charge is 0.364 e. The molecule has 0 aliphatic heterocycles. The van der Waals surface area contributed by atoms with Gasteiger partial charge in [0.2, 0.25) is 0 Å². The van der Waals surface area contributed by atoms with Crippen LogP contribution in [0.4, 0.5) is 11.5 Å². The maximum atomic E-state index is 11.1. The summed E-state index contributed by atoms with van der Waals surface area (Å²) >= 11 is 0. The molecule has 103 valence electrons. The number of nitrogens with two attached hydrogens (primary N) is 1. The number of amides is 1. The van der Waals surface area contributed by atoms with Gasteiger partial charge in [0.15, 0.2) is 0 Å². The number of carbonyl (C=O) groups excluding carboxylic acids is 1. The predicted octanol–water partition coefficient (Wildman–Crippen LogP) is 1.51. The number of pyridine rings is 2. The number of rotatable bonds is 4. The van der Waals surface area contributed by atoms with E-state index in [1.54, 1.807) is 24.5 Å². The van der Waals surface area contributed by atoms with Gasteiger partial charge in [0, 0.05) is 18.5 Å². The first-order valence-electron chi connectivity index (χ1n) is 6.15. The first kappa shape index (κ1) is 12.8. The van der Waals surface area contributed by atoms with Crippen LogP contribution in [0.25, 0.3) is 11.4 Å². The lowest BCUT2D eigenvalue weighted by Crippen LogP contribution is -2.13. The van der Waals surface area contributed by atoms with Gasteiger partial charge in [-0.3, -0.25) is 14.9 Å². The van der Waals surface area contributed by atoms with E-state index in [1.165, 1.54) is 0 Å². The minimum absolute atomic E-state index is 0.0721. The topological polar surface area (TPSA) is 110 Å². The fourth-order valence-corrected chi connectivity index (χ4v) is 1.81. The lowest BCUT2D eigenvalue weighted by Gasteiger charge is -2.06. The van der Waals surface area contributed by atoms with Crippen LogP contribution >= 0.6 is 0 Å². The van der Waals surface area contributed by atoms with Crippen LogP contribution in [0.2, 0.25) is 0 Å². The maximum absolute atomic E-state index is 11.1. The van der Waals surface area contributed by atoms with E-state index in [4.69, 9.17) is 5.73 Å². The second kappa shape index (κ2) is 5.41. The van der Waals surface area contributed by atoms with Gasteiger partial charge in [0.25, 0.3) is 5.91 Å². The Bertz CT molecular complexity index is 768. The zero-order chi connectivity index (χ0) is 14.7. The smallest absolute Gasteiger partial charge is 0.268 e. The number of anilines is 2. The molecular weight excluding hydrogens is 268 g/mol. The van der Waals surface area contributed by atoms with Crippen LogP contribution in [0.15, 0.2) is 42.7 Å². The summed E-state index contributed by atoms with van der Waals surface area (Å²) in [7, 11) is 0. The number of nitrogens with one attached hydrogen (secondary N) is 2. The molecule has 3 rings (SSSR count). The molecule has 0 aliphatic rings. The third-order valence-electron chi connectivity index (χ3n) is 2.74. The fraction of sp³-hybridized carbons (Fsp3) is 0. The highest BCUT2D eigenvalue weighted by molar-refractivity contribution is 5.91. The Morgan fingerprint density at radius 3 is 3.00 bits per heavy atom. The lowest BCUT2D eigenvalue weighted by atomic mass is 10.2. The van der Waals surface area contributed by atoms with E-state index >= 15 is 0 Å². The summed E-state index contributed by atoms with van der Waals surface area (Å²) in [6.45, 7) is 0. The average molecular weight is 279 g/mol. The van der Waals surface area contributed by atoms with Crippen LogP contribution in [0.5, 0.6) is 0 Å². The number of primary amides is 1. The quantitative estimate of drug-likeness (QED) is 0.670. The highest BCUT2D eigenvalue weighted by Gasteiger charge is 2.11. The van der Waals surface area contributed by atoms with Crippen molar-refractivity contribution in [2.75, 3.05) is 5.32 Å². The van der Waals surface area contributed by atoms with E-state index in [2.05, 4.69) is 31.5 Å². The second-order valence-corrected chi connectivity index (χ2v) is 4.18. The van der Waals surface area contributed by atoms with Crippen molar-refractivity contribution in [2.45, 2.75) is 0 Å². The molecule has 0 bridgehead atoms. The SMILES string of the molecule is NC(=O)c1[c]ccc(Nc2c[nH]nc2-c2ccccn2)n1. The van der Waals surface area contributed by atoms with Gasteiger partial charge in [-0.25, -0.2) is 4.98 Å². The van der Waals surface area contributed by atoms with Gasteiger partial charge >= 0.3 is 0 Å². The summed E-state index contributed by atoms with van der Waals surface area (Å²) in [6.07, 6.45) is 3.38. The van der Waals surface area contributed by atoms with E-state index in [1.807, 2.05) is 18.2 Å². The number of hydrogen-bond donors (Lipinski definition) is 3. The van der Waals surface area contributed by atoms with Crippen LogP contribution in [-0.2, 0) is 0 Å². The molecule has 1 amide bonds.